The van der Waals surface area contributed by atoms with Crippen molar-refractivity contribution in [3.8, 4) is 0 Å². The van der Waals surface area contributed by atoms with E-state index in [1.807, 2.05) is 24.6 Å². The van der Waals surface area contributed by atoms with E-state index in [-0.39, 0.29) is 17.0 Å². The maximum Gasteiger partial charge on any atom is 0.256 e. The van der Waals surface area contributed by atoms with Crippen LogP contribution in [0.1, 0.15) is 38.5 Å². The van der Waals surface area contributed by atoms with Gasteiger partial charge in [0.25, 0.3) is 11.8 Å². The molecule has 3 N–H and O–H groups in total. The Morgan fingerprint density at radius 1 is 1.00 bits per heavy atom. The van der Waals surface area contributed by atoms with Gasteiger partial charge in [-0.25, -0.2) is 0 Å². The number of pyridine rings is 1. The maximum absolute atomic E-state index is 12.9. The molecule has 4 aromatic rings. The molecule has 0 radical (unpaired) electrons. The Morgan fingerprint density at radius 3 is 2.61 bits per heavy atom. The van der Waals surface area contributed by atoms with Gasteiger partial charge in [-0.05, 0) is 50.6 Å². The van der Waals surface area contributed by atoms with Gasteiger partial charge in [-0.2, -0.15) is 5.10 Å². The molecule has 0 aliphatic carbocycles. The lowest BCUT2D eigenvalue weighted by molar-refractivity contribution is 0.0951. The van der Waals surface area contributed by atoms with E-state index in [0.717, 1.165) is 24.4 Å². The molecular weight excluding hydrogens is 418 g/mol. The lowest BCUT2D eigenvalue weighted by Gasteiger charge is -2.10. The third-order valence-electron chi connectivity index (χ3n) is 5.31. The van der Waals surface area contributed by atoms with Crippen LogP contribution in [0.25, 0.3) is 10.9 Å². The third-order valence-corrected chi connectivity index (χ3v) is 5.31. The van der Waals surface area contributed by atoms with Gasteiger partial charge in [0.1, 0.15) is 0 Å². The van der Waals surface area contributed by atoms with Gasteiger partial charge in [-0.3, -0.25) is 19.1 Å². The maximum atomic E-state index is 12.9. The minimum atomic E-state index is -0.417. The first-order valence-corrected chi connectivity index (χ1v) is 10.7. The fourth-order valence-corrected chi connectivity index (χ4v) is 3.76. The largest absolute Gasteiger partial charge is 0.352 e. The molecule has 0 saturated heterocycles. The predicted molar refractivity (Wildman–Crippen MR) is 128 cm³/mol. The Bertz CT molecular complexity index is 1390. The summed E-state index contributed by atoms with van der Waals surface area (Å²) in [5, 5.41) is 10.7. The highest BCUT2D eigenvalue weighted by Gasteiger charge is 2.13. The van der Waals surface area contributed by atoms with Crippen LogP contribution < -0.4 is 16.2 Å². The van der Waals surface area contributed by atoms with E-state index < -0.39 is 5.91 Å². The number of rotatable bonds is 7. The Kier molecular flexibility index (Phi) is 6.35. The number of nitrogens with zero attached hydrogens (tertiary/aromatic N) is 2. The minimum Gasteiger partial charge on any atom is -0.352 e. The van der Waals surface area contributed by atoms with E-state index in [0.29, 0.717) is 28.7 Å². The fourth-order valence-electron chi connectivity index (χ4n) is 3.76. The van der Waals surface area contributed by atoms with Crippen molar-refractivity contribution in [2.45, 2.75) is 26.8 Å². The van der Waals surface area contributed by atoms with Gasteiger partial charge in [-0.15, -0.1) is 0 Å². The van der Waals surface area contributed by atoms with Gasteiger partial charge in [0.2, 0.25) is 5.56 Å². The van der Waals surface area contributed by atoms with Crippen LogP contribution in [0.3, 0.4) is 0 Å². The number of aromatic nitrogens is 3. The smallest absolute Gasteiger partial charge is 0.256 e. The van der Waals surface area contributed by atoms with Gasteiger partial charge < -0.3 is 15.6 Å². The van der Waals surface area contributed by atoms with Crippen LogP contribution in [0, 0.1) is 13.8 Å². The van der Waals surface area contributed by atoms with Crippen LogP contribution in [0.5, 0.6) is 0 Å². The number of benzene rings is 2. The molecule has 0 bridgehead atoms. The number of hydrogen-bond donors (Lipinski definition) is 3. The number of anilines is 1. The molecule has 4 rings (SSSR count). The summed E-state index contributed by atoms with van der Waals surface area (Å²) >= 11 is 0. The Labute approximate surface area is 190 Å². The van der Waals surface area contributed by atoms with Crippen LogP contribution in [0.2, 0.25) is 0 Å². The third kappa shape index (κ3) is 5.17. The number of aryl methyl sites for hydroxylation is 3. The summed E-state index contributed by atoms with van der Waals surface area (Å²) in [6, 6.07) is 17.1. The van der Waals surface area contributed by atoms with Crippen molar-refractivity contribution in [1.82, 2.24) is 20.1 Å². The Hall–Kier alpha value is -4.20. The molecule has 0 saturated carbocycles. The molecule has 8 nitrogen and oxygen atoms in total. The topological polar surface area (TPSA) is 109 Å². The number of carbonyl (C=O) groups excluding carboxylic acids is 2. The van der Waals surface area contributed by atoms with Gasteiger partial charge >= 0.3 is 0 Å². The number of carbonyl (C=O) groups is 2. The summed E-state index contributed by atoms with van der Waals surface area (Å²) in [6.45, 7) is 5.19. The molecule has 0 aliphatic heterocycles. The molecule has 33 heavy (non-hydrogen) atoms. The van der Waals surface area contributed by atoms with Crippen LogP contribution in [-0.2, 0) is 6.54 Å². The second-order valence-corrected chi connectivity index (χ2v) is 7.89. The molecule has 0 unspecified atom stereocenters. The molecule has 0 fully saturated rings. The lowest BCUT2D eigenvalue weighted by Crippen LogP contribution is -2.25. The van der Waals surface area contributed by atoms with Crippen molar-refractivity contribution in [2.75, 3.05) is 11.9 Å². The molecule has 0 spiro atoms. The highest BCUT2D eigenvalue weighted by Crippen LogP contribution is 2.17. The summed E-state index contributed by atoms with van der Waals surface area (Å²) in [6.07, 6.45) is 0.750. The molecule has 2 aromatic carbocycles. The van der Waals surface area contributed by atoms with Crippen molar-refractivity contribution in [3.63, 3.8) is 0 Å². The van der Waals surface area contributed by atoms with Crippen molar-refractivity contribution < 1.29 is 9.59 Å². The number of amides is 2. The Morgan fingerprint density at radius 2 is 1.82 bits per heavy atom. The average Bonchev–Trinajstić information content (AvgIpc) is 3.12. The zero-order valence-corrected chi connectivity index (χ0v) is 18.5. The van der Waals surface area contributed by atoms with Gasteiger partial charge in [0, 0.05) is 47.0 Å². The highest BCUT2D eigenvalue weighted by molar-refractivity contribution is 6.12. The van der Waals surface area contributed by atoms with E-state index in [2.05, 4.69) is 20.7 Å². The fraction of sp³-hybridized carbons (Fsp3) is 0.200. The van der Waals surface area contributed by atoms with Gasteiger partial charge in [0.05, 0.1) is 11.3 Å². The van der Waals surface area contributed by atoms with Gasteiger partial charge in [0.15, 0.2) is 0 Å². The first kappa shape index (κ1) is 22.0. The zero-order valence-electron chi connectivity index (χ0n) is 18.5. The monoisotopic (exact) mass is 443 g/mol. The number of aromatic amines is 1. The highest BCUT2D eigenvalue weighted by atomic mass is 16.2. The summed E-state index contributed by atoms with van der Waals surface area (Å²) in [4.78, 5) is 40.1. The van der Waals surface area contributed by atoms with E-state index in [1.54, 1.807) is 48.5 Å². The van der Waals surface area contributed by atoms with E-state index in [4.69, 9.17) is 0 Å². The molecular formula is C25H25N5O3. The summed E-state index contributed by atoms with van der Waals surface area (Å²) in [7, 11) is 0. The second kappa shape index (κ2) is 9.52. The summed E-state index contributed by atoms with van der Waals surface area (Å²) < 4.78 is 1.93. The summed E-state index contributed by atoms with van der Waals surface area (Å²) in [5.74, 6) is -0.638. The van der Waals surface area contributed by atoms with E-state index >= 15 is 0 Å². The molecule has 168 valence electrons. The van der Waals surface area contributed by atoms with Crippen LogP contribution in [0.15, 0.2) is 65.5 Å². The predicted octanol–water partition coefficient (Wildman–Crippen LogP) is 3.41. The van der Waals surface area contributed by atoms with Crippen molar-refractivity contribution in [2.24, 2.45) is 0 Å². The molecule has 2 aromatic heterocycles. The van der Waals surface area contributed by atoms with Gasteiger partial charge in [-0.1, -0.05) is 24.3 Å². The first-order chi connectivity index (χ1) is 15.9. The van der Waals surface area contributed by atoms with E-state index in [1.165, 1.54) is 6.07 Å². The lowest BCUT2D eigenvalue weighted by atomic mass is 10.1. The number of nitrogens with one attached hydrogen (secondary N) is 3. The molecule has 0 aliphatic rings. The molecule has 2 heterocycles. The van der Waals surface area contributed by atoms with E-state index in [9.17, 15) is 14.4 Å². The zero-order chi connectivity index (χ0) is 23.4. The summed E-state index contributed by atoms with van der Waals surface area (Å²) in [5.41, 5.74) is 3.48. The Balaban J connectivity index is 1.39. The van der Waals surface area contributed by atoms with Crippen LogP contribution in [0.4, 0.5) is 5.69 Å². The van der Waals surface area contributed by atoms with Crippen LogP contribution >= 0.6 is 0 Å². The first-order valence-electron chi connectivity index (χ1n) is 10.7. The average molecular weight is 444 g/mol. The number of H-pyrrole nitrogens is 1. The number of hydrogen-bond acceptors (Lipinski definition) is 4. The second-order valence-electron chi connectivity index (χ2n) is 7.89. The molecule has 0 atom stereocenters. The molecule has 2 amide bonds. The standard InChI is InChI=1S/C25H25N5O3/c1-16-13-17(2)30(29-16)12-6-11-26-24(32)18-7-5-8-19(14-18)27-25(33)21-15-23(31)28-22-10-4-3-9-20(21)22/h3-5,7-10,13-15H,6,11-12H2,1-2H3,(H,26,32)(H,27,33)(H,28,31). The minimum absolute atomic E-state index is 0.221. The number of fused-ring (bicyclic) bond motifs is 1. The normalized spacial score (nSPS) is 10.8. The van der Waals surface area contributed by atoms with Crippen molar-refractivity contribution >= 4 is 28.4 Å². The van der Waals surface area contributed by atoms with Crippen molar-refractivity contribution in [3.05, 3.63) is 93.5 Å². The molecule has 8 heteroatoms. The number of para-hydroxylation sites is 1. The van der Waals surface area contributed by atoms with Crippen LogP contribution in [-0.4, -0.2) is 33.1 Å². The quantitative estimate of drug-likeness (QED) is 0.380. The SMILES string of the molecule is Cc1cc(C)n(CCCNC(=O)c2cccc(NC(=O)c3cc(=O)[nH]c4ccccc34)c2)n1. The van der Waals surface area contributed by atoms with Crippen molar-refractivity contribution in [1.29, 1.82) is 0 Å².